The van der Waals surface area contributed by atoms with Crippen LogP contribution in [0.4, 0.5) is 0 Å². The second-order valence-corrected chi connectivity index (χ2v) is 5.48. The summed E-state index contributed by atoms with van der Waals surface area (Å²) < 4.78 is 7.26. The van der Waals surface area contributed by atoms with E-state index in [1.807, 2.05) is 24.7 Å². The Hall–Kier alpha value is -3.60. The summed E-state index contributed by atoms with van der Waals surface area (Å²) in [7, 11) is 0. The first-order chi connectivity index (χ1) is 12.0. The minimum absolute atomic E-state index is 0.0903. The Balaban J connectivity index is 1.71. The quantitative estimate of drug-likeness (QED) is 0.709. The van der Waals surface area contributed by atoms with Crippen LogP contribution in [-0.4, -0.2) is 36.3 Å². The molecular formula is C17H15N5O3. The van der Waals surface area contributed by atoms with Crippen molar-refractivity contribution >= 4 is 5.97 Å². The molecule has 8 heteroatoms. The van der Waals surface area contributed by atoms with Gasteiger partial charge in [0, 0.05) is 17.8 Å². The molecule has 0 atom stereocenters. The SMILES string of the molecule is CC(C)n1cc(C#Cc2ccc(Oc3nn[nH]c3C(=O)O)cc2)cn1. The first-order valence-electron chi connectivity index (χ1n) is 7.51. The summed E-state index contributed by atoms with van der Waals surface area (Å²) >= 11 is 0. The van der Waals surface area contributed by atoms with Crippen LogP contribution in [0.5, 0.6) is 11.6 Å². The molecule has 0 aliphatic carbocycles. The van der Waals surface area contributed by atoms with Crippen LogP contribution in [0, 0.1) is 11.8 Å². The summed E-state index contributed by atoms with van der Waals surface area (Å²) in [4.78, 5) is 11.0. The van der Waals surface area contributed by atoms with E-state index in [9.17, 15) is 4.79 Å². The predicted octanol–water partition coefficient (Wildman–Crippen LogP) is 2.47. The van der Waals surface area contributed by atoms with Gasteiger partial charge in [0.15, 0.2) is 0 Å². The van der Waals surface area contributed by atoms with Gasteiger partial charge in [0.2, 0.25) is 5.69 Å². The van der Waals surface area contributed by atoms with Crippen molar-refractivity contribution in [1.29, 1.82) is 0 Å². The van der Waals surface area contributed by atoms with Crippen LogP contribution in [0.1, 0.15) is 41.5 Å². The third-order valence-corrected chi connectivity index (χ3v) is 3.28. The summed E-state index contributed by atoms with van der Waals surface area (Å²) in [6.45, 7) is 4.10. The number of aromatic amines is 1. The molecule has 3 rings (SSSR count). The molecule has 0 fully saturated rings. The first kappa shape index (κ1) is 16.3. The predicted molar refractivity (Wildman–Crippen MR) is 88.5 cm³/mol. The van der Waals surface area contributed by atoms with E-state index in [-0.39, 0.29) is 11.6 Å². The zero-order chi connectivity index (χ0) is 17.8. The fourth-order valence-corrected chi connectivity index (χ4v) is 1.98. The molecule has 25 heavy (non-hydrogen) atoms. The number of ether oxygens (including phenoxy) is 1. The molecule has 0 saturated heterocycles. The molecule has 0 aliphatic rings. The van der Waals surface area contributed by atoms with Gasteiger partial charge in [-0.2, -0.15) is 5.10 Å². The van der Waals surface area contributed by atoms with Gasteiger partial charge in [-0.15, -0.1) is 0 Å². The molecule has 3 aromatic rings. The Kier molecular flexibility index (Phi) is 4.48. The smallest absolute Gasteiger partial charge is 0.359 e. The Morgan fingerprint density at radius 3 is 2.60 bits per heavy atom. The molecule has 0 aliphatic heterocycles. The summed E-state index contributed by atoms with van der Waals surface area (Å²) in [5, 5.41) is 22.5. The van der Waals surface area contributed by atoms with E-state index in [1.54, 1.807) is 30.5 Å². The van der Waals surface area contributed by atoms with Gasteiger partial charge in [-0.3, -0.25) is 4.68 Å². The molecular weight excluding hydrogens is 322 g/mol. The van der Waals surface area contributed by atoms with Gasteiger partial charge in [-0.25, -0.2) is 9.89 Å². The van der Waals surface area contributed by atoms with Gasteiger partial charge in [0.25, 0.3) is 5.88 Å². The lowest BCUT2D eigenvalue weighted by molar-refractivity contribution is 0.0687. The monoisotopic (exact) mass is 337 g/mol. The average molecular weight is 337 g/mol. The minimum Gasteiger partial charge on any atom is -0.476 e. The van der Waals surface area contributed by atoms with Crippen molar-refractivity contribution in [1.82, 2.24) is 25.2 Å². The standard InChI is InChI=1S/C17H15N5O3/c1-11(2)22-10-13(9-18-22)4-3-12-5-7-14(8-6-12)25-16-15(17(23)24)19-21-20-16/h5-11H,1-2H3,(H,23,24)(H,19,20,21). The number of carbonyl (C=O) groups is 1. The molecule has 2 N–H and O–H groups in total. The Bertz CT molecular complexity index is 945. The van der Waals surface area contributed by atoms with E-state index in [2.05, 4.69) is 32.4 Å². The lowest BCUT2D eigenvalue weighted by atomic mass is 10.2. The largest absolute Gasteiger partial charge is 0.476 e. The zero-order valence-corrected chi connectivity index (χ0v) is 13.6. The van der Waals surface area contributed by atoms with Crippen molar-refractivity contribution in [3.63, 3.8) is 0 Å². The van der Waals surface area contributed by atoms with E-state index < -0.39 is 5.97 Å². The summed E-state index contributed by atoms with van der Waals surface area (Å²) in [6, 6.07) is 7.20. The number of carboxylic acid groups (broad SMARTS) is 1. The molecule has 0 spiro atoms. The van der Waals surface area contributed by atoms with Gasteiger partial charge in [0.1, 0.15) is 5.75 Å². The number of carboxylic acids is 1. The zero-order valence-electron chi connectivity index (χ0n) is 13.6. The van der Waals surface area contributed by atoms with Gasteiger partial charge < -0.3 is 9.84 Å². The highest BCUT2D eigenvalue weighted by Crippen LogP contribution is 2.21. The molecule has 8 nitrogen and oxygen atoms in total. The number of aromatic carboxylic acids is 1. The molecule has 2 heterocycles. The second kappa shape index (κ2) is 6.88. The molecule has 0 radical (unpaired) electrons. The van der Waals surface area contributed by atoms with Crippen molar-refractivity contribution < 1.29 is 14.6 Å². The lowest BCUT2D eigenvalue weighted by Crippen LogP contribution is -1.99. The normalized spacial score (nSPS) is 10.4. The van der Waals surface area contributed by atoms with E-state index >= 15 is 0 Å². The number of aromatic nitrogens is 5. The van der Waals surface area contributed by atoms with Crippen LogP contribution in [0.25, 0.3) is 0 Å². The maximum Gasteiger partial charge on any atom is 0.359 e. The fourth-order valence-electron chi connectivity index (χ4n) is 1.98. The summed E-state index contributed by atoms with van der Waals surface area (Å²) in [5.74, 6) is 5.25. The number of nitrogens with one attached hydrogen (secondary N) is 1. The van der Waals surface area contributed by atoms with Crippen molar-refractivity contribution in [2.75, 3.05) is 0 Å². The minimum atomic E-state index is -1.19. The third-order valence-electron chi connectivity index (χ3n) is 3.28. The molecule has 0 amide bonds. The van der Waals surface area contributed by atoms with Crippen LogP contribution in [0.2, 0.25) is 0 Å². The number of H-pyrrole nitrogens is 1. The fraction of sp³-hybridized carbons (Fsp3) is 0.176. The Morgan fingerprint density at radius 1 is 1.24 bits per heavy atom. The van der Waals surface area contributed by atoms with Crippen molar-refractivity contribution in [2.24, 2.45) is 0 Å². The molecule has 0 bridgehead atoms. The summed E-state index contributed by atoms with van der Waals surface area (Å²) in [5.41, 5.74) is 1.43. The van der Waals surface area contributed by atoms with Gasteiger partial charge in [0.05, 0.1) is 11.8 Å². The molecule has 0 saturated carbocycles. The highest BCUT2D eigenvalue weighted by Gasteiger charge is 2.16. The van der Waals surface area contributed by atoms with Crippen molar-refractivity contribution in [2.45, 2.75) is 19.9 Å². The maximum absolute atomic E-state index is 11.0. The molecule has 2 aromatic heterocycles. The van der Waals surface area contributed by atoms with E-state index in [4.69, 9.17) is 9.84 Å². The van der Waals surface area contributed by atoms with E-state index in [0.29, 0.717) is 11.8 Å². The third kappa shape index (κ3) is 3.84. The average Bonchev–Trinajstić information content (AvgIpc) is 3.23. The Morgan fingerprint density at radius 2 is 1.96 bits per heavy atom. The van der Waals surface area contributed by atoms with Crippen LogP contribution >= 0.6 is 0 Å². The van der Waals surface area contributed by atoms with E-state index in [1.165, 1.54) is 0 Å². The second-order valence-electron chi connectivity index (χ2n) is 5.48. The lowest BCUT2D eigenvalue weighted by Gasteiger charge is -2.02. The number of hydrogen-bond acceptors (Lipinski definition) is 5. The highest BCUT2D eigenvalue weighted by molar-refractivity contribution is 5.87. The topological polar surface area (TPSA) is 106 Å². The van der Waals surface area contributed by atoms with Crippen LogP contribution in [0.15, 0.2) is 36.7 Å². The van der Waals surface area contributed by atoms with Crippen molar-refractivity contribution in [3.8, 4) is 23.5 Å². The number of rotatable bonds is 4. The Labute approximate surface area is 143 Å². The van der Waals surface area contributed by atoms with Gasteiger partial charge in [-0.1, -0.05) is 22.2 Å². The maximum atomic E-state index is 11.0. The number of benzene rings is 1. The van der Waals surface area contributed by atoms with Gasteiger partial charge >= 0.3 is 5.97 Å². The summed E-state index contributed by atoms with van der Waals surface area (Å²) in [6.07, 6.45) is 3.62. The van der Waals surface area contributed by atoms with Crippen molar-refractivity contribution in [3.05, 3.63) is 53.5 Å². The first-order valence-corrected chi connectivity index (χ1v) is 7.51. The number of nitrogens with zero attached hydrogens (tertiary/aromatic N) is 4. The van der Waals surface area contributed by atoms with E-state index in [0.717, 1.165) is 11.1 Å². The van der Waals surface area contributed by atoms with Gasteiger partial charge in [-0.05, 0) is 38.1 Å². The number of hydrogen-bond donors (Lipinski definition) is 2. The van der Waals surface area contributed by atoms with Crippen LogP contribution < -0.4 is 4.74 Å². The highest BCUT2D eigenvalue weighted by atomic mass is 16.5. The molecule has 1 aromatic carbocycles. The molecule has 0 unspecified atom stereocenters. The van der Waals surface area contributed by atoms with Crippen LogP contribution in [-0.2, 0) is 0 Å². The molecule has 126 valence electrons. The van der Waals surface area contributed by atoms with Crippen LogP contribution in [0.3, 0.4) is 0 Å².